The van der Waals surface area contributed by atoms with E-state index in [2.05, 4.69) is 40.5 Å². The molecule has 5 rings (SSSR count). The summed E-state index contributed by atoms with van der Waals surface area (Å²) in [5.74, 6) is 3.37. The van der Waals surface area contributed by atoms with Crippen LogP contribution in [0.3, 0.4) is 0 Å². The maximum Gasteiger partial charge on any atom is 0.161 e. The van der Waals surface area contributed by atoms with E-state index in [9.17, 15) is 0 Å². The number of hydrogen-bond acceptors (Lipinski definition) is 6. The van der Waals surface area contributed by atoms with Gasteiger partial charge >= 0.3 is 0 Å². The van der Waals surface area contributed by atoms with Crippen LogP contribution in [0.25, 0.3) is 16.5 Å². The van der Waals surface area contributed by atoms with Crippen LogP contribution in [0.4, 0.5) is 5.82 Å². The largest absolute Gasteiger partial charge is 0.494 e. The van der Waals surface area contributed by atoms with Crippen molar-refractivity contribution in [3.05, 3.63) is 65.1 Å². The zero-order valence-electron chi connectivity index (χ0n) is 20.4. The lowest BCUT2D eigenvalue weighted by molar-refractivity contribution is 0.331. The second kappa shape index (κ2) is 8.89. The topological polar surface area (TPSA) is 61.6 Å². The number of fused-ring (bicyclic) bond motifs is 2. The summed E-state index contributed by atoms with van der Waals surface area (Å²) in [7, 11) is 1.69. The predicted octanol–water partition coefficient (Wildman–Crippen LogP) is 5.15. The fourth-order valence-electron chi connectivity index (χ4n) is 4.96. The molecule has 0 saturated carbocycles. The lowest BCUT2D eigenvalue weighted by Gasteiger charge is -2.22. The van der Waals surface area contributed by atoms with E-state index in [4.69, 9.17) is 19.3 Å². The minimum atomic E-state index is 0.597. The van der Waals surface area contributed by atoms with Gasteiger partial charge in [0.1, 0.15) is 23.9 Å². The summed E-state index contributed by atoms with van der Waals surface area (Å²) in [5.41, 5.74) is 5.23. The second-order valence-electron chi connectivity index (χ2n) is 8.51. The third-order valence-corrected chi connectivity index (χ3v) is 6.48. The van der Waals surface area contributed by atoms with Gasteiger partial charge in [-0.3, -0.25) is 0 Å². The third kappa shape index (κ3) is 3.61. The highest BCUT2D eigenvalue weighted by Gasteiger charge is 2.25. The Kier molecular flexibility index (Phi) is 5.77. The van der Waals surface area contributed by atoms with Crippen LogP contribution in [0.5, 0.6) is 17.2 Å². The number of rotatable bonds is 5. The lowest BCUT2D eigenvalue weighted by Crippen LogP contribution is -2.26. The molecule has 0 N–H and O–H groups in total. The Morgan fingerprint density at radius 3 is 2.59 bits per heavy atom. The molecule has 4 aromatic rings. The monoisotopic (exact) mass is 458 g/mol. The van der Waals surface area contributed by atoms with Crippen molar-refractivity contribution in [1.82, 2.24) is 14.8 Å². The molecular formula is C27H30N4O3. The number of ether oxygens (including phenoxy) is 3. The number of aryl methyl sites for hydroxylation is 3. The van der Waals surface area contributed by atoms with Gasteiger partial charge in [-0.05, 0) is 45.9 Å². The molecule has 0 radical (unpaired) electrons. The Labute approximate surface area is 199 Å². The van der Waals surface area contributed by atoms with Crippen LogP contribution in [0.2, 0.25) is 0 Å². The summed E-state index contributed by atoms with van der Waals surface area (Å²) in [6.07, 6.45) is 0. The molecule has 2 aromatic carbocycles. The smallest absolute Gasteiger partial charge is 0.161 e. The second-order valence-corrected chi connectivity index (χ2v) is 8.51. The van der Waals surface area contributed by atoms with Crippen LogP contribution in [0.1, 0.15) is 29.6 Å². The highest BCUT2D eigenvalue weighted by molar-refractivity contribution is 5.99. The van der Waals surface area contributed by atoms with Gasteiger partial charge in [-0.1, -0.05) is 18.2 Å². The maximum atomic E-state index is 6.00. The first kappa shape index (κ1) is 22.1. The molecule has 0 saturated heterocycles. The Morgan fingerprint density at radius 1 is 1.00 bits per heavy atom. The lowest BCUT2D eigenvalue weighted by atomic mass is 10.1. The molecule has 0 amide bonds. The van der Waals surface area contributed by atoms with Gasteiger partial charge in [0.25, 0.3) is 0 Å². The molecule has 0 atom stereocenters. The van der Waals surface area contributed by atoms with Crippen LogP contribution < -0.4 is 19.1 Å². The first-order chi connectivity index (χ1) is 16.5. The Balaban J connectivity index is 1.68. The summed E-state index contributed by atoms with van der Waals surface area (Å²) in [6.45, 7) is 10.9. The molecule has 0 unspecified atom stereocenters. The Bertz CT molecular complexity index is 1360. The highest BCUT2D eigenvalue weighted by atomic mass is 16.5. The molecule has 1 aliphatic heterocycles. The first-order valence-electron chi connectivity index (χ1n) is 11.6. The van der Waals surface area contributed by atoms with Gasteiger partial charge in [-0.2, -0.15) is 5.10 Å². The molecule has 2 aromatic heterocycles. The van der Waals surface area contributed by atoms with Crippen molar-refractivity contribution in [1.29, 1.82) is 0 Å². The zero-order valence-corrected chi connectivity index (χ0v) is 20.4. The minimum absolute atomic E-state index is 0.597. The standard InChI is InChI=1S/C27H30N4O3/c1-6-33-21-11-12-22(24(15-21)32-5)31-18(3)25-17(2)28-29-27(26(25)19(31)4)30-13-14-34-23-10-8-7-9-20(23)16-30/h7-12,15H,6,13-14,16H2,1-5H3. The average molecular weight is 459 g/mol. The van der Waals surface area contributed by atoms with Crippen molar-refractivity contribution < 1.29 is 14.2 Å². The fourth-order valence-corrected chi connectivity index (χ4v) is 4.96. The van der Waals surface area contributed by atoms with Crippen molar-refractivity contribution in [2.45, 2.75) is 34.2 Å². The summed E-state index contributed by atoms with van der Waals surface area (Å²) < 4.78 is 19.7. The molecule has 34 heavy (non-hydrogen) atoms. The maximum absolute atomic E-state index is 6.00. The van der Waals surface area contributed by atoms with Crippen LogP contribution in [0, 0.1) is 20.8 Å². The van der Waals surface area contributed by atoms with Crippen LogP contribution >= 0.6 is 0 Å². The number of nitrogens with zero attached hydrogens (tertiary/aromatic N) is 4. The normalized spacial score (nSPS) is 13.4. The van der Waals surface area contributed by atoms with E-state index in [0.29, 0.717) is 13.2 Å². The Hall–Kier alpha value is -3.74. The van der Waals surface area contributed by atoms with E-state index in [1.165, 1.54) is 0 Å². The summed E-state index contributed by atoms with van der Waals surface area (Å²) in [5, 5.41) is 11.5. The average Bonchev–Trinajstić information content (AvgIpc) is 2.98. The molecule has 3 heterocycles. The van der Waals surface area contributed by atoms with E-state index < -0.39 is 0 Å². The van der Waals surface area contributed by atoms with Gasteiger partial charge in [-0.25, -0.2) is 0 Å². The van der Waals surface area contributed by atoms with Crippen molar-refractivity contribution in [3.8, 4) is 22.9 Å². The first-order valence-corrected chi connectivity index (χ1v) is 11.6. The number of methoxy groups -OCH3 is 1. The summed E-state index contributed by atoms with van der Waals surface area (Å²) in [4.78, 5) is 2.27. The van der Waals surface area contributed by atoms with Gasteiger partial charge in [0.2, 0.25) is 0 Å². The molecule has 0 fully saturated rings. The molecule has 176 valence electrons. The fraction of sp³-hybridized carbons (Fsp3) is 0.333. The van der Waals surface area contributed by atoms with Gasteiger partial charge < -0.3 is 23.7 Å². The van der Waals surface area contributed by atoms with E-state index in [-0.39, 0.29) is 0 Å². The number of para-hydroxylation sites is 1. The molecule has 7 heteroatoms. The highest BCUT2D eigenvalue weighted by Crippen LogP contribution is 2.39. The molecule has 7 nitrogen and oxygen atoms in total. The van der Waals surface area contributed by atoms with Gasteiger partial charge in [0, 0.05) is 40.3 Å². The van der Waals surface area contributed by atoms with E-state index >= 15 is 0 Å². The SMILES string of the molecule is CCOc1ccc(-n2c(C)c3c(C)nnc(N4CCOc5ccccc5C4)c3c2C)c(OC)c1. The quantitative estimate of drug-likeness (QED) is 0.412. The molecule has 0 aliphatic carbocycles. The zero-order chi connectivity index (χ0) is 23.8. The molecule has 0 bridgehead atoms. The third-order valence-electron chi connectivity index (χ3n) is 6.48. The van der Waals surface area contributed by atoms with Crippen LogP contribution in [-0.2, 0) is 6.54 Å². The van der Waals surface area contributed by atoms with E-state index in [1.807, 2.05) is 44.2 Å². The van der Waals surface area contributed by atoms with Gasteiger partial charge in [0.05, 0.1) is 31.6 Å². The molecular weight excluding hydrogens is 428 g/mol. The van der Waals surface area contributed by atoms with Crippen molar-refractivity contribution in [3.63, 3.8) is 0 Å². The Morgan fingerprint density at radius 2 is 1.79 bits per heavy atom. The van der Waals surface area contributed by atoms with Crippen LogP contribution in [0.15, 0.2) is 42.5 Å². The van der Waals surface area contributed by atoms with E-state index in [1.54, 1.807) is 7.11 Å². The van der Waals surface area contributed by atoms with Gasteiger partial charge in [0.15, 0.2) is 5.82 Å². The number of hydrogen-bond donors (Lipinski definition) is 0. The number of benzene rings is 2. The summed E-state index contributed by atoms with van der Waals surface area (Å²) >= 11 is 0. The van der Waals surface area contributed by atoms with Crippen LogP contribution in [-0.4, -0.2) is 41.6 Å². The number of aromatic nitrogens is 3. The summed E-state index contributed by atoms with van der Waals surface area (Å²) in [6, 6.07) is 14.2. The van der Waals surface area contributed by atoms with E-state index in [0.717, 1.165) is 75.3 Å². The minimum Gasteiger partial charge on any atom is -0.494 e. The van der Waals surface area contributed by atoms with Crippen molar-refractivity contribution in [2.75, 3.05) is 31.8 Å². The van der Waals surface area contributed by atoms with Crippen molar-refractivity contribution in [2.24, 2.45) is 0 Å². The molecule has 0 spiro atoms. The van der Waals surface area contributed by atoms with Crippen molar-refractivity contribution >= 4 is 16.6 Å². The number of anilines is 1. The van der Waals surface area contributed by atoms with Gasteiger partial charge in [-0.15, -0.1) is 5.10 Å². The predicted molar refractivity (Wildman–Crippen MR) is 134 cm³/mol. The molecule has 1 aliphatic rings.